The molecule has 0 aromatic heterocycles. The summed E-state index contributed by atoms with van der Waals surface area (Å²) in [5, 5.41) is 0. The number of ether oxygens (including phenoxy) is 1. The largest absolute Gasteiger partial charge is 0.465 e. The van der Waals surface area contributed by atoms with Crippen molar-refractivity contribution in [3.8, 4) is 0 Å². The van der Waals surface area contributed by atoms with E-state index in [0.29, 0.717) is 6.61 Å². The van der Waals surface area contributed by atoms with Crippen LogP contribution in [-0.2, 0) is 19.6 Å². The van der Waals surface area contributed by atoms with Gasteiger partial charge in [0.05, 0.1) is 12.4 Å². The van der Waals surface area contributed by atoms with Crippen LogP contribution in [0.25, 0.3) is 0 Å². The zero-order chi connectivity index (χ0) is 23.3. The van der Waals surface area contributed by atoms with Crippen molar-refractivity contribution in [1.82, 2.24) is 0 Å². The van der Waals surface area contributed by atoms with E-state index in [4.69, 9.17) is 15.0 Å². The first-order valence-electron chi connectivity index (χ1n) is 12.0. The fourth-order valence-electron chi connectivity index (χ4n) is 2.84. The summed E-state index contributed by atoms with van der Waals surface area (Å²) in [7, 11) is -3.66. The van der Waals surface area contributed by atoms with E-state index in [1.54, 1.807) is 0 Å². The summed E-state index contributed by atoms with van der Waals surface area (Å²) >= 11 is 0. The number of hydrogen-bond acceptors (Lipinski definition) is 5. The Kier molecular flexibility index (Phi) is 22.7. The van der Waals surface area contributed by atoms with E-state index in [2.05, 4.69) is 6.92 Å². The smallest absolute Gasteiger partial charge is 0.323 e. The van der Waals surface area contributed by atoms with Gasteiger partial charge >= 0.3 is 5.97 Å². The number of carbonyl (C=O) groups excluding carboxylic acids is 1. The number of esters is 1. The maximum absolute atomic E-state index is 11.6. The van der Waals surface area contributed by atoms with Crippen LogP contribution in [-0.4, -0.2) is 37.3 Å². The minimum Gasteiger partial charge on any atom is -0.465 e. The molecule has 0 aromatic carbocycles. The second kappa shape index (κ2) is 21.6. The SMILES string of the molecule is CCCCCCCCCCCCCCCCOC(=O)C(N)C(C)C.CCS(=O)(=O)O. The molecule has 0 aliphatic heterocycles. The maximum atomic E-state index is 11.6. The van der Waals surface area contributed by atoms with Gasteiger partial charge in [0.1, 0.15) is 6.04 Å². The van der Waals surface area contributed by atoms with Crippen molar-refractivity contribution in [3.05, 3.63) is 0 Å². The summed E-state index contributed by atoms with van der Waals surface area (Å²) in [5.74, 6) is -0.305. The molecule has 30 heavy (non-hydrogen) atoms. The maximum Gasteiger partial charge on any atom is 0.323 e. The third-order valence-corrected chi connectivity index (χ3v) is 5.83. The van der Waals surface area contributed by atoms with Gasteiger partial charge in [0.25, 0.3) is 10.1 Å². The molecule has 182 valence electrons. The lowest BCUT2D eigenvalue weighted by Crippen LogP contribution is -2.37. The summed E-state index contributed by atoms with van der Waals surface area (Å²) < 4.78 is 32.1. The summed E-state index contributed by atoms with van der Waals surface area (Å²) in [6.45, 7) is 8.05. The van der Waals surface area contributed by atoms with Crippen LogP contribution in [0, 0.1) is 5.92 Å². The van der Waals surface area contributed by atoms with Crippen LogP contribution in [0.5, 0.6) is 0 Å². The molecule has 0 saturated carbocycles. The van der Waals surface area contributed by atoms with E-state index in [1.165, 1.54) is 84.0 Å². The predicted octanol–water partition coefficient (Wildman–Crippen LogP) is 5.89. The molecule has 0 aliphatic rings. The number of nitrogens with two attached hydrogens (primary N) is 1. The highest BCUT2D eigenvalue weighted by molar-refractivity contribution is 7.85. The molecule has 1 atom stereocenters. The normalized spacial score (nSPS) is 12.4. The molecule has 3 N–H and O–H groups in total. The first-order chi connectivity index (χ1) is 14.2. The van der Waals surface area contributed by atoms with Crippen molar-refractivity contribution in [1.29, 1.82) is 0 Å². The van der Waals surface area contributed by atoms with E-state index < -0.39 is 16.2 Å². The quantitative estimate of drug-likeness (QED) is 0.153. The molecule has 0 fully saturated rings. The topological polar surface area (TPSA) is 107 Å². The number of carbonyl (C=O) groups is 1. The second-order valence-electron chi connectivity index (χ2n) is 8.40. The van der Waals surface area contributed by atoms with Gasteiger partial charge in [0.2, 0.25) is 0 Å². The molecule has 0 aromatic rings. The molecular weight excluding hydrogens is 402 g/mol. The van der Waals surface area contributed by atoms with E-state index in [0.717, 1.165) is 12.8 Å². The van der Waals surface area contributed by atoms with Crippen LogP contribution in [0.2, 0.25) is 0 Å². The lowest BCUT2D eigenvalue weighted by Gasteiger charge is -2.14. The van der Waals surface area contributed by atoms with Gasteiger partial charge in [-0.05, 0) is 19.3 Å². The van der Waals surface area contributed by atoms with Gasteiger partial charge in [-0.1, -0.05) is 104 Å². The van der Waals surface area contributed by atoms with Crippen LogP contribution >= 0.6 is 0 Å². The molecule has 1 unspecified atom stereocenters. The van der Waals surface area contributed by atoms with E-state index in [-0.39, 0.29) is 17.6 Å². The molecule has 0 aliphatic carbocycles. The van der Waals surface area contributed by atoms with Gasteiger partial charge in [-0.3, -0.25) is 9.35 Å². The summed E-state index contributed by atoms with van der Waals surface area (Å²) in [4.78, 5) is 11.6. The van der Waals surface area contributed by atoms with Crippen molar-refractivity contribution in [3.63, 3.8) is 0 Å². The van der Waals surface area contributed by atoms with E-state index >= 15 is 0 Å². The number of hydrogen-bond donors (Lipinski definition) is 2. The zero-order valence-corrected chi connectivity index (χ0v) is 20.9. The molecule has 6 nitrogen and oxygen atoms in total. The zero-order valence-electron chi connectivity index (χ0n) is 20.0. The van der Waals surface area contributed by atoms with Gasteiger partial charge in [0, 0.05) is 0 Å². The average molecular weight is 452 g/mol. The fourth-order valence-corrected chi connectivity index (χ4v) is 2.84. The lowest BCUT2D eigenvalue weighted by atomic mass is 10.0. The Morgan fingerprint density at radius 2 is 1.13 bits per heavy atom. The second-order valence-corrected chi connectivity index (χ2v) is 10.1. The lowest BCUT2D eigenvalue weighted by molar-refractivity contribution is -0.146. The first-order valence-corrected chi connectivity index (χ1v) is 13.6. The third kappa shape index (κ3) is 25.4. The Bertz CT molecular complexity index is 480. The van der Waals surface area contributed by atoms with Crippen LogP contribution in [0.4, 0.5) is 0 Å². The highest BCUT2D eigenvalue weighted by Crippen LogP contribution is 2.13. The van der Waals surface area contributed by atoms with Crippen molar-refractivity contribution < 1.29 is 22.5 Å². The van der Waals surface area contributed by atoms with Crippen LogP contribution in [0.15, 0.2) is 0 Å². The van der Waals surface area contributed by atoms with Crippen molar-refractivity contribution in [2.75, 3.05) is 12.4 Å². The minimum atomic E-state index is -3.66. The summed E-state index contributed by atoms with van der Waals surface area (Å²) in [5.41, 5.74) is 5.75. The first kappa shape index (κ1) is 31.5. The Balaban J connectivity index is 0. The Morgan fingerprint density at radius 3 is 1.43 bits per heavy atom. The Labute approximate surface area is 186 Å². The van der Waals surface area contributed by atoms with Crippen LogP contribution in [0.3, 0.4) is 0 Å². The number of rotatable bonds is 18. The highest BCUT2D eigenvalue weighted by Gasteiger charge is 2.18. The van der Waals surface area contributed by atoms with Crippen molar-refractivity contribution in [2.24, 2.45) is 11.7 Å². The van der Waals surface area contributed by atoms with Gasteiger partial charge < -0.3 is 10.5 Å². The molecule has 7 heteroatoms. The standard InChI is InChI=1S/C21H43NO2.C2H6O3S/c1-4-5-6-7-8-9-10-11-12-13-14-15-16-17-18-24-21(23)20(22)19(2)3;1-2-6(3,4)5/h19-20H,4-18,22H2,1-3H3;2H2,1H3,(H,3,4,5). The molecule has 0 saturated heterocycles. The fraction of sp³-hybridized carbons (Fsp3) is 0.957. The van der Waals surface area contributed by atoms with Gasteiger partial charge in [-0.15, -0.1) is 0 Å². The number of unbranched alkanes of at least 4 members (excludes halogenated alkanes) is 13. The molecule has 0 spiro atoms. The summed E-state index contributed by atoms with van der Waals surface area (Å²) in [6.07, 6.45) is 18.7. The summed E-state index contributed by atoms with van der Waals surface area (Å²) in [6, 6.07) is -0.475. The molecule has 0 amide bonds. The average Bonchev–Trinajstić information content (AvgIpc) is 2.69. The van der Waals surface area contributed by atoms with Gasteiger partial charge in [0.15, 0.2) is 0 Å². The van der Waals surface area contributed by atoms with Crippen molar-refractivity contribution in [2.45, 2.75) is 124 Å². The monoisotopic (exact) mass is 451 g/mol. The minimum absolute atomic E-state index is 0.147. The van der Waals surface area contributed by atoms with E-state index in [1.807, 2.05) is 13.8 Å². The van der Waals surface area contributed by atoms with Crippen molar-refractivity contribution >= 4 is 16.1 Å². The molecule has 0 bridgehead atoms. The molecule has 0 heterocycles. The molecule has 0 rings (SSSR count). The Hall–Kier alpha value is -0.660. The highest BCUT2D eigenvalue weighted by atomic mass is 32.2. The van der Waals surface area contributed by atoms with Crippen LogP contribution in [0.1, 0.15) is 118 Å². The predicted molar refractivity (Wildman–Crippen MR) is 126 cm³/mol. The van der Waals surface area contributed by atoms with Gasteiger partial charge in [-0.25, -0.2) is 0 Å². The third-order valence-electron chi connectivity index (χ3n) is 5.10. The van der Waals surface area contributed by atoms with E-state index in [9.17, 15) is 13.2 Å². The van der Waals surface area contributed by atoms with Gasteiger partial charge in [-0.2, -0.15) is 8.42 Å². The van der Waals surface area contributed by atoms with Crippen LogP contribution < -0.4 is 5.73 Å². The molecule has 0 radical (unpaired) electrons. The Morgan fingerprint density at radius 1 is 0.800 bits per heavy atom. The molecular formula is C23H49NO5S.